The molecule has 0 saturated heterocycles. The third kappa shape index (κ3) is 3.49. The molecule has 0 unspecified atom stereocenters. The summed E-state index contributed by atoms with van der Waals surface area (Å²) in [7, 11) is 0. The number of benzene rings is 1. The number of halogens is 1. The first-order chi connectivity index (χ1) is 12.1. The second-order valence-corrected chi connectivity index (χ2v) is 5.71. The van der Waals surface area contributed by atoms with Gasteiger partial charge in [-0.05, 0) is 72.5 Å². The maximum absolute atomic E-state index is 13.7. The van der Waals surface area contributed by atoms with Crippen LogP contribution in [0.1, 0.15) is 22.4 Å². The molecule has 0 radical (unpaired) electrons. The van der Waals surface area contributed by atoms with E-state index in [1.54, 1.807) is 13.0 Å². The Hall–Kier alpha value is -3.23. The lowest BCUT2D eigenvalue weighted by molar-refractivity contribution is 0.618. The highest BCUT2D eigenvalue weighted by Crippen LogP contribution is 2.32. The van der Waals surface area contributed by atoms with Crippen molar-refractivity contribution in [3.8, 4) is 0 Å². The minimum atomic E-state index is -0.212. The molecule has 0 amide bonds. The quantitative estimate of drug-likeness (QED) is 0.506. The molecule has 2 aromatic rings. The number of nitrogens with two attached hydrogens (primary N) is 1. The topological polar surface area (TPSA) is 51.3 Å². The van der Waals surface area contributed by atoms with E-state index in [4.69, 9.17) is 5.73 Å². The van der Waals surface area contributed by atoms with Crippen LogP contribution in [-0.2, 0) is 0 Å². The Morgan fingerprint density at radius 1 is 1.16 bits per heavy atom. The van der Waals surface area contributed by atoms with Crippen LogP contribution in [0.15, 0.2) is 65.4 Å². The molecule has 3 rings (SSSR count). The molecule has 4 heteroatoms. The van der Waals surface area contributed by atoms with Crippen molar-refractivity contribution >= 4 is 23.3 Å². The Kier molecular flexibility index (Phi) is 4.73. The van der Waals surface area contributed by atoms with Crippen molar-refractivity contribution < 1.29 is 4.39 Å². The Morgan fingerprint density at radius 3 is 2.72 bits per heavy atom. The van der Waals surface area contributed by atoms with Gasteiger partial charge in [0.1, 0.15) is 5.82 Å². The lowest BCUT2D eigenvalue weighted by Crippen LogP contribution is -1.96. The van der Waals surface area contributed by atoms with Crippen LogP contribution in [0.2, 0.25) is 0 Å². The molecule has 124 valence electrons. The first-order valence-electron chi connectivity index (χ1n) is 7.92. The van der Waals surface area contributed by atoms with Crippen LogP contribution < -0.4 is 5.73 Å². The van der Waals surface area contributed by atoms with E-state index in [1.807, 2.05) is 49.4 Å². The van der Waals surface area contributed by atoms with Crippen molar-refractivity contribution in [1.29, 1.82) is 0 Å². The van der Waals surface area contributed by atoms with Gasteiger partial charge in [0, 0.05) is 11.3 Å². The van der Waals surface area contributed by atoms with Gasteiger partial charge in [0.2, 0.25) is 0 Å². The molecule has 3 nitrogen and oxygen atoms in total. The molecule has 1 aliphatic rings. The molecule has 0 fully saturated rings. The molecule has 1 aromatic carbocycles. The molecular formula is C21H18FN3. The third-order valence-corrected chi connectivity index (χ3v) is 4.01. The average molecular weight is 331 g/mol. The number of aryl methyl sites for hydroxylation is 2. The van der Waals surface area contributed by atoms with E-state index in [0.29, 0.717) is 11.4 Å². The van der Waals surface area contributed by atoms with Crippen molar-refractivity contribution in [1.82, 2.24) is 4.98 Å². The van der Waals surface area contributed by atoms with E-state index < -0.39 is 0 Å². The maximum atomic E-state index is 13.7. The molecule has 2 N–H and O–H groups in total. The summed E-state index contributed by atoms with van der Waals surface area (Å²) in [5, 5.41) is 0. The van der Waals surface area contributed by atoms with Crippen LogP contribution in [0, 0.1) is 19.7 Å². The molecular weight excluding hydrogens is 313 g/mol. The largest absolute Gasteiger partial charge is 0.390 e. The molecule has 0 aliphatic heterocycles. The van der Waals surface area contributed by atoms with Crippen LogP contribution in [0.5, 0.6) is 0 Å². The molecule has 0 saturated carbocycles. The number of allylic oxidation sites excluding steroid dienone is 5. The van der Waals surface area contributed by atoms with Gasteiger partial charge in [-0.1, -0.05) is 18.2 Å². The maximum Gasteiger partial charge on any atom is 0.153 e. The SMILES string of the molecule is Cc1cc(C2=C(c3ccc(N=CN)nc3C)C=CC=C=C2)ccc1F. The van der Waals surface area contributed by atoms with Crippen LogP contribution >= 0.6 is 0 Å². The monoisotopic (exact) mass is 331 g/mol. The highest BCUT2D eigenvalue weighted by Gasteiger charge is 2.13. The summed E-state index contributed by atoms with van der Waals surface area (Å²) in [4.78, 5) is 8.49. The summed E-state index contributed by atoms with van der Waals surface area (Å²) in [6, 6.07) is 8.91. The number of pyridine rings is 1. The fraction of sp³-hybridized carbons (Fsp3) is 0.0952. The molecule has 1 aliphatic carbocycles. The van der Waals surface area contributed by atoms with Crippen molar-refractivity contribution in [3.63, 3.8) is 0 Å². The lowest BCUT2D eigenvalue weighted by atomic mass is 9.93. The number of aliphatic imine (C=N–C) groups is 1. The van der Waals surface area contributed by atoms with E-state index in [1.165, 1.54) is 12.4 Å². The second-order valence-electron chi connectivity index (χ2n) is 5.71. The van der Waals surface area contributed by atoms with Gasteiger partial charge >= 0.3 is 0 Å². The highest BCUT2D eigenvalue weighted by molar-refractivity contribution is 6.00. The minimum Gasteiger partial charge on any atom is -0.390 e. The van der Waals surface area contributed by atoms with Crippen LogP contribution in [0.3, 0.4) is 0 Å². The van der Waals surface area contributed by atoms with Crippen LogP contribution in [-0.4, -0.2) is 11.3 Å². The van der Waals surface area contributed by atoms with Gasteiger partial charge in [-0.2, -0.15) is 0 Å². The van der Waals surface area contributed by atoms with E-state index in [0.717, 1.165) is 28.0 Å². The van der Waals surface area contributed by atoms with Gasteiger partial charge < -0.3 is 5.73 Å². The highest BCUT2D eigenvalue weighted by atomic mass is 19.1. The van der Waals surface area contributed by atoms with Gasteiger partial charge in [-0.3, -0.25) is 0 Å². The molecule has 1 heterocycles. The predicted octanol–water partition coefficient (Wildman–Crippen LogP) is 4.65. The third-order valence-electron chi connectivity index (χ3n) is 4.01. The van der Waals surface area contributed by atoms with Gasteiger partial charge in [-0.15, -0.1) is 5.73 Å². The molecule has 0 bridgehead atoms. The fourth-order valence-corrected chi connectivity index (χ4v) is 2.77. The summed E-state index contributed by atoms with van der Waals surface area (Å²) >= 11 is 0. The zero-order valence-corrected chi connectivity index (χ0v) is 14.1. The van der Waals surface area contributed by atoms with Crippen molar-refractivity contribution in [3.05, 3.63) is 88.6 Å². The van der Waals surface area contributed by atoms with Crippen LogP contribution in [0.4, 0.5) is 10.2 Å². The zero-order valence-electron chi connectivity index (χ0n) is 14.1. The number of aromatic nitrogens is 1. The van der Waals surface area contributed by atoms with Gasteiger partial charge in [0.05, 0.1) is 6.34 Å². The van der Waals surface area contributed by atoms with Crippen LogP contribution in [0.25, 0.3) is 11.1 Å². The van der Waals surface area contributed by atoms with Gasteiger partial charge in [-0.25, -0.2) is 14.4 Å². The minimum absolute atomic E-state index is 0.212. The van der Waals surface area contributed by atoms with E-state index >= 15 is 0 Å². The van der Waals surface area contributed by atoms with Crippen molar-refractivity contribution in [2.24, 2.45) is 10.7 Å². The summed E-state index contributed by atoms with van der Waals surface area (Å²) < 4.78 is 13.7. The summed E-state index contributed by atoms with van der Waals surface area (Å²) in [5.74, 6) is 0.353. The van der Waals surface area contributed by atoms with E-state index in [9.17, 15) is 4.39 Å². The second kappa shape index (κ2) is 7.12. The van der Waals surface area contributed by atoms with Crippen molar-refractivity contribution in [2.75, 3.05) is 0 Å². The standard InChI is InChI=1S/C21H18FN3/c1-14-12-16(8-10-20(14)22)18-6-4-3-5-7-19(18)17-9-11-21(24-13-23)25-15(17)2/h3,5-13H,1-2H3,(H2,23,24,25). The first kappa shape index (κ1) is 16.6. The average Bonchev–Trinajstić information content (AvgIpc) is 2.84. The van der Waals surface area contributed by atoms with Crippen molar-refractivity contribution in [2.45, 2.75) is 13.8 Å². The summed E-state index contributed by atoms with van der Waals surface area (Å²) in [5.41, 5.74) is 13.8. The number of hydrogen-bond acceptors (Lipinski definition) is 2. The molecule has 0 spiro atoms. The fourth-order valence-electron chi connectivity index (χ4n) is 2.77. The van der Waals surface area contributed by atoms with Gasteiger partial charge in [0.25, 0.3) is 0 Å². The molecule has 25 heavy (non-hydrogen) atoms. The van der Waals surface area contributed by atoms with Gasteiger partial charge in [0.15, 0.2) is 5.82 Å². The Balaban J connectivity index is 2.20. The number of hydrogen-bond donors (Lipinski definition) is 1. The zero-order chi connectivity index (χ0) is 17.8. The Labute approximate surface area is 146 Å². The number of rotatable bonds is 3. The number of nitrogens with zero attached hydrogens (tertiary/aromatic N) is 2. The molecule has 1 aromatic heterocycles. The van der Waals surface area contributed by atoms with E-state index in [-0.39, 0.29) is 5.82 Å². The normalized spacial score (nSPS) is 13.7. The Morgan fingerprint density at radius 2 is 2.00 bits per heavy atom. The summed E-state index contributed by atoms with van der Waals surface area (Å²) in [6.07, 6.45) is 8.93. The Bertz CT molecular complexity index is 975. The molecule has 0 atom stereocenters. The summed E-state index contributed by atoms with van der Waals surface area (Å²) in [6.45, 7) is 3.69. The lowest BCUT2D eigenvalue weighted by Gasteiger charge is -2.13. The predicted molar refractivity (Wildman–Crippen MR) is 101 cm³/mol. The smallest absolute Gasteiger partial charge is 0.153 e. The first-order valence-corrected chi connectivity index (χ1v) is 7.92. The van der Waals surface area contributed by atoms with E-state index in [2.05, 4.69) is 15.7 Å².